The van der Waals surface area contributed by atoms with Gasteiger partial charge in [0, 0.05) is 16.7 Å². The number of carbonyl (C=O) groups excluding carboxylic acids is 2. The molecule has 122 valence electrons. The number of hydrogen-bond donors (Lipinski definition) is 0. The molecule has 1 fully saturated rings. The van der Waals surface area contributed by atoms with Gasteiger partial charge in [-0.05, 0) is 6.92 Å². The Morgan fingerprint density at radius 1 is 1.08 bits per heavy atom. The second-order valence-electron chi connectivity index (χ2n) is 5.57. The van der Waals surface area contributed by atoms with Crippen LogP contribution in [-0.4, -0.2) is 18.5 Å². The van der Waals surface area contributed by atoms with Gasteiger partial charge in [-0.3, -0.25) is 4.79 Å². The van der Waals surface area contributed by atoms with E-state index in [1.807, 2.05) is 60.7 Å². The Bertz CT molecular complexity index is 725. The van der Waals surface area contributed by atoms with Crippen molar-refractivity contribution >= 4 is 11.9 Å². The number of ether oxygens (including phenoxy) is 2. The maximum absolute atomic E-state index is 12.6. The molecule has 3 rings (SSSR count). The summed E-state index contributed by atoms with van der Waals surface area (Å²) in [4.78, 5) is 25.0. The Balaban J connectivity index is 2.26. The summed E-state index contributed by atoms with van der Waals surface area (Å²) < 4.78 is 11.0. The Kier molecular flexibility index (Phi) is 4.21. The Morgan fingerprint density at radius 2 is 1.58 bits per heavy atom. The standard InChI is InChI=1S/C20H18O4/c1-3-23-19(22)17-14(2)18(21)24-20(17,15-10-6-4-7-11-15)16-12-8-5-9-13-16/h4-13,17H,2-3H2,1H3. The highest BCUT2D eigenvalue weighted by atomic mass is 16.6. The molecule has 1 atom stereocenters. The molecule has 0 aromatic heterocycles. The minimum Gasteiger partial charge on any atom is -0.465 e. The number of carbonyl (C=O) groups is 2. The van der Waals surface area contributed by atoms with Crippen molar-refractivity contribution in [2.75, 3.05) is 6.61 Å². The van der Waals surface area contributed by atoms with Crippen molar-refractivity contribution in [1.29, 1.82) is 0 Å². The summed E-state index contributed by atoms with van der Waals surface area (Å²) >= 11 is 0. The van der Waals surface area contributed by atoms with Crippen molar-refractivity contribution in [2.45, 2.75) is 12.5 Å². The van der Waals surface area contributed by atoms with E-state index in [9.17, 15) is 9.59 Å². The van der Waals surface area contributed by atoms with Crippen molar-refractivity contribution in [3.05, 3.63) is 83.9 Å². The minimum atomic E-state index is -1.26. The van der Waals surface area contributed by atoms with Crippen LogP contribution in [0, 0.1) is 5.92 Å². The lowest BCUT2D eigenvalue weighted by Gasteiger charge is -2.33. The van der Waals surface area contributed by atoms with Crippen LogP contribution in [0.5, 0.6) is 0 Å². The third kappa shape index (κ3) is 2.40. The third-order valence-corrected chi connectivity index (χ3v) is 4.20. The van der Waals surface area contributed by atoms with E-state index in [0.717, 1.165) is 0 Å². The van der Waals surface area contributed by atoms with Crippen LogP contribution >= 0.6 is 0 Å². The molecule has 0 radical (unpaired) electrons. The predicted molar refractivity (Wildman–Crippen MR) is 89.0 cm³/mol. The average molecular weight is 322 g/mol. The first-order chi connectivity index (χ1) is 11.6. The number of esters is 2. The predicted octanol–water partition coefficient (Wildman–Crippen LogP) is 3.22. The van der Waals surface area contributed by atoms with Gasteiger partial charge in [0.15, 0.2) is 5.60 Å². The maximum atomic E-state index is 12.6. The van der Waals surface area contributed by atoms with Crippen LogP contribution in [0.25, 0.3) is 0 Å². The fourth-order valence-electron chi connectivity index (χ4n) is 3.16. The van der Waals surface area contributed by atoms with Crippen molar-refractivity contribution in [3.63, 3.8) is 0 Å². The number of benzene rings is 2. The first-order valence-corrected chi connectivity index (χ1v) is 7.81. The monoisotopic (exact) mass is 322 g/mol. The molecule has 4 heteroatoms. The molecule has 2 aromatic carbocycles. The summed E-state index contributed by atoms with van der Waals surface area (Å²) in [5.41, 5.74) is 0.270. The van der Waals surface area contributed by atoms with Gasteiger partial charge in [-0.2, -0.15) is 0 Å². The quantitative estimate of drug-likeness (QED) is 0.640. The van der Waals surface area contributed by atoms with Gasteiger partial charge in [0.1, 0.15) is 5.92 Å². The third-order valence-electron chi connectivity index (χ3n) is 4.20. The molecule has 1 heterocycles. The molecule has 0 amide bonds. The molecule has 1 unspecified atom stereocenters. The van der Waals surface area contributed by atoms with Crippen LogP contribution in [-0.2, 0) is 24.7 Å². The number of cyclic esters (lactones) is 1. The van der Waals surface area contributed by atoms with Crippen LogP contribution in [0.2, 0.25) is 0 Å². The first kappa shape index (κ1) is 16.0. The van der Waals surface area contributed by atoms with Gasteiger partial charge in [0.25, 0.3) is 0 Å². The maximum Gasteiger partial charge on any atom is 0.335 e. The van der Waals surface area contributed by atoms with Gasteiger partial charge >= 0.3 is 11.9 Å². The summed E-state index contributed by atoms with van der Waals surface area (Å²) in [6, 6.07) is 18.5. The first-order valence-electron chi connectivity index (χ1n) is 7.81. The molecule has 0 saturated carbocycles. The van der Waals surface area contributed by atoms with Gasteiger partial charge in [-0.15, -0.1) is 0 Å². The molecule has 4 nitrogen and oxygen atoms in total. The smallest absolute Gasteiger partial charge is 0.335 e. The molecule has 1 saturated heterocycles. The van der Waals surface area contributed by atoms with Crippen molar-refractivity contribution < 1.29 is 19.1 Å². The second kappa shape index (κ2) is 6.32. The van der Waals surface area contributed by atoms with Crippen LogP contribution in [0.4, 0.5) is 0 Å². The van der Waals surface area contributed by atoms with E-state index in [1.165, 1.54) is 0 Å². The molecule has 0 aliphatic carbocycles. The molecule has 1 aliphatic rings. The lowest BCUT2D eigenvalue weighted by molar-refractivity contribution is -0.155. The molecule has 0 bridgehead atoms. The zero-order valence-electron chi connectivity index (χ0n) is 13.4. The lowest BCUT2D eigenvalue weighted by atomic mass is 9.75. The van der Waals surface area contributed by atoms with Gasteiger partial charge in [-0.1, -0.05) is 67.2 Å². The van der Waals surface area contributed by atoms with Crippen LogP contribution in [0.3, 0.4) is 0 Å². The fourth-order valence-corrected chi connectivity index (χ4v) is 3.16. The van der Waals surface area contributed by atoms with E-state index in [4.69, 9.17) is 9.47 Å². The Labute approximate surface area is 140 Å². The summed E-state index contributed by atoms with van der Waals surface area (Å²) in [7, 11) is 0. The molecule has 0 spiro atoms. The van der Waals surface area contributed by atoms with E-state index in [1.54, 1.807) is 6.92 Å². The van der Waals surface area contributed by atoms with Crippen molar-refractivity contribution in [2.24, 2.45) is 5.92 Å². The van der Waals surface area contributed by atoms with Crippen LogP contribution in [0.15, 0.2) is 72.8 Å². The van der Waals surface area contributed by atoms with Gasteiger partial charge < -0.3 is 9.47 Å². The van der Waals surface area contributed by atoms with Gasteiger partial charge in [-0.25, -0.2) is 4.79 Å². The highest BCUT2D eigenvalue weighted by Crippen LogP contribution is 2.49. The van der Waals surface area contributed by atoms with E-state index >= 15 is 0 Å². The lowest BCUT2D eigenvalue weighted by Crippen LogP contribution is -2.39. The highest BCUT2D eigenvalue weighted by molar-refractivity contribution is 6.00. The fraction of sp³-hybridized carbons (Fsp3) is 0.200. The molecule has 0 N–H and O–H groups in total. The second-order valence-corrected chi connectivity index (χ2v) is 5.57. The summed E-state index contributed by atoms with van der Waals surface area (Å²) in [6.45, 7) is 5.74. The molecule has 2 aromatic rings. The number of rotatable bonds is 4. The molecule has 1 aliphatic heterocycles. The van der Waals surface area contributed by atoms with E-state index in [0.29, 0.717) is 11.1 Å². The van der Waals surface area contributed by atoms with Crippen molar-refractivity contribution in [1.82, 2.24) is 0 Å². The summed E-state index contributed by atoms with van der Waals surface area (Å²) in [6.07, 6.45) is 0. The van der Waals surface area contributed by atoms with Crippen LogP contribution in [0.1, 0.15) is 18.1 Å². The average Bonchev–Trinajstić information content (AvgIpc) is 2.89. The van der Waals surface area contributed by atoms with Gasteiger partial charge in [0.05, 0.1) is 6.61 Å². The van der Waals surface area contributed by atoms with E-state index in [-0.39, 0.29) is 12.2 Å². The highest BCUT2D eigenvalue weighted by Gasteiger charge is 2.58. The van der Waals surface area contributed by atoms with Gasteiger partial charge in [0.2, 0.25) is 0 Å². The SMILES string of the molecule is C=C1C(=O)OC(c2ccccc2)(c2ccccc2)C1C(=O)OCC. The summed E-state index contributed by atoms with van der Waals surface area (Å²) in [5, 5.41) is 0. The normalized spacial score (nSPS) is 19.0. The van der Waals surface area contributed by atoms with E-state index < -0.39 is 23.5 Å². The molecular weight excluding hydrogens is 304 g/mol. The van der Waals surface area contributed by atoms with Crippen molar-refractivity contribution in [3.8, 4) is 0 Å². The number of hydrogen-bond acceptors (Lipinski definition) is 4. The molecular formula is C20H18O4. The topological polar surface area (TPSA) is 52.6 Å². The Hall–Kier alpha value is -2.88. The largest absolute Gasteiger partial charge is 0.465 e. The zero-order chi connectivity index (χ0) is 17.2. The van der Waals surface area contributed by atoms with E-state index in [2.05, 4.69) is 6.58 Å². The minimum absolute atomic E-state index is 0.112. The Morgan fingerprint density at radius 3 is 2.04 bits per heavy atom. The molecule has 24 heavy (non-hydrogen) atoms. The van der Waals surface area contributed by atoms with Crippen LogP contribution < -0.4 is 0 Å². The summed E-state index contributed by atoms with van der Waals surface area (Å²) in [5.74, 6) is -2.02. The zero-order valence-corrected chi connectivity index (χ0v) is 13.4.